The van der Waals surface area contributed by atoms with Crippen molar-refractivity contribution in [2.75, 3.05) is 5.32 Å². The minimum absolute atomic E-state index is 0.0624. The molecule has 0 aliphatic heterocycles. The maximum absolute atomic E-state index is 13.7. The van der Waals surface area contributed by atoms with Crippen molar-refractivity contribution in [1.82, 2.24) is 19.7 Å². The molecule has 0 radical (unpaired) electrons. The largest absolute Gasteiger partial charge is 0.300 e. The molecule has 1 aromatic carbocycles. The Hall–Kier alpha value is -2.94. The lowest BCUT2D eigenvalue weighted by atomic mass is 10.1. The highest BCUT2D eigenvalue weighted by atomic mass is 32.1. The summed E-state index contributed by atoms with van der Waals surface area (Å²) in [5.74, 6) is -0.108. The summed E-state index contributed by atoms with van der Waals surface area (Å²) in [6, 6.07) is 7.39. The van der Waals surface area contributed by atoms with Crippen molar-refractivity contribution < 1.29 is 13.6 Å². The Morgan fingerprint density at radius 1 is 1.27 bits per heavy atom. The number of benzene rings is 1. The SMILES string of the molecule is Cc1ccc2nc(NC(=O)Cn3nc(C)c4c(C(F)F)cc(C5CC5)nc43)sc2c1. The van der Waals surface area contributed by atoms with Crippen molar-refractivity contribution >= 4 is 43.6 Å². The van der Waals surface area contributed by atoms with Gasteiger partial charge in [-0.05, 0) is 50.5 Å². The quantitative estimate of drug-likeness (QED) is 0.480. The lowest BCUT2D eigenvalue weighted by molar-refractivity contribution is -0.116. The lowest BCUT2D eigenvalue weighted by Crippen LogP contribution is -2.19. The molecular weight excluding hydrogens is 408 g/mol. The van der Waals surface area contributed by atoms with Gasteiger partial charge in [0, 0.05) is 17.2 Å². The number of amides is 1. The Morgan fingerprint density at radius 2 is 2.07 bits per heavy atom. The van der Waals surface area contributed by atoms with Gasteiger partial charge in [-0.2, -0.15) is 5.10 Å². The van der Waals surface area contributed by atoms with Gasteiger partial charge in [-0.25, -0.2) is 23.4 Å². The fourth-order valence-electron chi connectivity index (χ4n) is 3.66. The van der Waals surface area contributed by atoms with E-state index in [1.807, 2.05) is 25.1 Å². The second-order valence-electron chi connectivity index (χ2n) is 7.69. The number of rotatable bonds is 5. The highest BCUT2D eigenvalue weighted by Crippen LogP contribution is 2.42. The zero-order chi connectivity index (χ0) is 21.0. The number of pyridine rings is 1. The van der Waals surface area contributed by atoms with Gasteiger partial charge in [0.05, 0.1) is 21.3 Å². The molecule has 0 saturated heterocycles. The van der Waals surface area contributed by atoms with Crippen LogP contribution in [0.1, 0.15) is 47.7 Å². The van der Waals surface area contributed by atoms with Gasteiger partial charge in [0.15, 0.2) is 10.8 Å². The highest BCUT2D eigenvalue weighted by Gasteiger charge is 2.29. The predicted octanol–water partition coefficient (Wildman–Crippen LogP) is 5.11. The number of hydrogen-bond donors (Lipinski definition) is 1. The van der Waals surface area contributed by atoms with Gasteiger partial charge in [0.25, 0.3) is 6.43 Å². The minimum Gasteiger partial charge on any atom is -0.300 e. The van der Waals surface area contributed by atoms with Crippen LogP contribution in [-0.4, -0.2) is 25.7 Å². The molecule has 1 N–H and O–H groups in total. The Kier molecular flexibility index (Phi) is 4.50. The predicted molar refractivity (Wildman–Crippen MR) is 112 cm³/mol. The molecule has 4 aromatic rings. The van der Waals surface area contributed by atoms with Gasteiger partial charge in [-0.1, -0.05) is 17.4 Å². The van der Waals surface area contributed by atoms with E-state index >= 15 is 0 Å². The first-order chi connectivity index (χ1) is 14.4. The van der Waals surface area contributed by atoms with E-state index in [0.717, 1.165) is 28.6 Å². The van der Waals surface area contributed by atoms with Crippen molar-refractivity contribution in [3.63, 3.8) is 0 Å². The highest BCUT2D eigenvalue weighted by molar-refractivity contribution is 7.22. The number of nitrogens with one attached hydrogen (secondary N) is 1. The van der Waals surface area contributed by atoms with Crippen molar-refractivity contribution in [3.05, 3.63) is 46.8 Å². The third-order valence-corrected chi connectivity index (χ3v) is 6.18. The summed E-state index contributed by atoms with van der Waals surface area (Å²) < 4.78 is 29.8. The van der Waals surface area contributed by atoms with Crippen LogP contribution in [0.25, 0.3) is 21.3 Å². The van der Waals surface area contributed by atoms with E-state index in [1.165, 1.54) is 22.1 Å². The van der Waals surface area contributed by atoms with Crippen molar-refractivity contribution in [2.45, 2.75) is 45.6 Å². The van der Waals surface area contributed by atoms with Crippen LogP contribution in [-0.2, 0) is 11.3 Å². The summed E-state index contributed by atoms with van der Waals surface area (Å²) in [5.41, 5.74) is 3.31. The Balaban J connectivity index is 1.46. The lowest BCUT2D eigenvalue weighted by Gasteiger charge is -2.08. The number of aryl methyl sites for hydroxylation is 2. The van der Waals surface area contributed by atoms with Crippen molar-refractivity contribution in [3.8, 4) is 0 Å². The summed E-state index contributed by atoms with van der Waals surface area (Å²) in [6.45, 7) is 3.54. The van der Waals surface area contributed by atoms with Gasteiger partial charge in [-0.3, -0.25) is 4.79 Å². The maximum Gasteiger partial charge on any atom is 0.264 e. The molecule has 1 aliphatic rings. The van der Waals surface area contributed by atoms with Gasteiger partial charge >= 0.3 is 0 Å². The van der Waals surface area contributed by atoms with Crippen molar-refractivity contribution in [1.29, 1.82) is 0 Å². The number of fused-ring (bicyclic) bond motifs is 2. The number of hydrogen-bond acceptors (Lipinski definition) is 5. The van der Waals surface area contributed by atoms with Crippen LogP contribution in [0.5, 0.6) is 0 Å². The second-order valence-corrected chi connectivity index (χ2v) is 8.72. The van der Waals surface area contributed by atoms with Crippen molar-refractivity contribution in [2.24, 2.45) is 0 Å². The first kappa shape index (κ1) is 19.0. The second kappa shape index (κ2) is 7.09. The fraction of sp³-hybridized carbons (Fsp3) is 0.333. The first-order valence-corrected chi connectivity index (χ1v) is 10.5. The molecule has 30 heavy (non-hydrogen) atoms. The summed E-state index contributed by atoms with van der Waals surface area (Å²) in [5, 5.41) is 7.95. The number of carbonyl (C=O) groups excluding carboxylic acids is 1. The molecule has 0 spiro atoms. The average Bonchev–Trinajstić information content (AvgIpc) is 3.40. The number of aromatic nitrogens is 4. The van der Waals surface area contributed by atoms with Crippen LogP contribution >= 0.6 is 11.3 Å². The summed E-state index contributed by atoms with van der Waals surface area (Å²) in [7, 11) is 0. The van der Waals surface area contributed by atoms with E-state index in [4.69, 9.17) is 0 Å². The number of nitrogens with zero attached hydrogens (tertiary/aromatic N) is 4. The van der Waals surface area contributed by atoms with Crippen LogP contribution < -0.4 is 5.32 Å². The molecular formula is C21H19F2N5OS. The van der Waals surface area contributed by atoms with Crippen LogP contribution in [0.15, 0.2) is 24.3 Å². The molecule has 0 unspecified atom stereocenters. The molecule has 154 valence electrons. The monoisotopic (exact) mass is 427 g/mol. The first-order valence-electron chi connectivity index (χ1n) is 9.72. The summed E-state index contributed by atoms with van der Waals surface area (Å²) >= 11 is 1.39. The molecule has 1 amide bonds. The van der Waals surface area contributed by atoms with E-state index in [0.29, 0.717) is 27.6 Å². The molecule has 3 heterocycles. The Bertz CT molecular complexity index is 1290. The van der Waals surface area contributed by atoms with Gasteiger partial charge < -0.3 is 5.32 Å². The van der Waals surface area contributed by atoms with Crippen LogP contribution in [0.4, 0.5) is 13.9 Å². The molecule has 5 rings (SSSR count). The number of anilines is 1. The molecule has 0 atom stereocenters. The van der Waals surface area contributed by atoms with Gasteiger partial charge in [-0.15, -0.1) is 0 Å². The van der Waals surface area contributed by atoms with Crippen LogP contribution in [0.2, 0.25) is 0 Å². The number of alkyl halides is 2. The maximum atomic E-state index is 13.7. The smallest absolute Gasteiger partial charge is 0.264 e. The van der Waals surface area contributed by atoms with Gasteiger partial charge in [0.2, 0.25) is 5.91 Å². The van der Waals surface area contributed by atoms with E-state index in [2.05, 4.69) is 20.4 Å². The normalized spacial score (nSPS) is 14.2. The topological polar surface area (TPSA) is 72.7 Å². The number of halogens is 2. The number of carbonyl (C=O) groups is 1. The Morgan fingerprint density at radius 3 is 2.80 bits per heavy atom. The van der Waals surface area contributed by atoms with E-state index in [-0.39, 0.29) is 23.9 Å². The molecule has 9 heteroatoms. The standard InChI is InChI=1S/C21H19F2N5OS/c1-10-3-6-14-16(7-10)30-21(25-14)26-17(29)9-28-20-18(11(2)27-28)13(19(22)23)8-15(24-20)12-4-5-12/h3,6-8,12,19H,4-5,9H2,1-2H3,(H,25,26,29). The molecule has 6 nitrogen and oxygen atoms in total. The summed E-state index contributed by atoms with van der Waals surface area (Å²) in [4.78, 5) is 21.7. The van der Waals surface area contributed by atoms with Crippen LogP contribution in [0.3, 0.4) is 0 Å². The van der Waals surface area contributed by atoms with E-state index in [9.17, 15) is 13.6 Å². The molecule has 1 saturated carbocycles. The molecule has 0 bridgehead atoms. The molecule has 3 aromatic heterocycles. The zero-order valence-corrected chi connectivity index (χ0v) is 17.3. The van der Waals surface area contributed by atoms with E-state index in [1.54, 1.807) is 6.92 Å². The van der Waals surface area contributed by atoms with Crippen LogP contribution in [0, 0.1) is 13.8 Å². The average molecular weight is 427 g/mol. The number of thiazole rings is 1. The summed E-state index contributed by atoms with van der Waals surface area (Å²) in [6.07, 6.45) is -0.720. The van der Waals surface area contributed by atoms with Gasteiger partial charge in [0.1, 0.15) is 6.54 Å². The Labute approximate surface area is 174 Å². The fourth-order valence-corrected chi connectivity index (χ4v) is 4.64. The zero-order valence-electron chi connectivity index (χ0n) is 16.4. The van der Waals surface area contributed by atoms with E-state index < -0.39 is 6.43 Å². The molecule has 1 aliphatic carbocycles. The molecule has 1 fully saturated rings. The third kappa shape index (κ3) is 3.43. The third-order valence-electron chi connectivity index (χ3n) is 5.24. The minimum atomic E-state index is -2.62.